The molecule has 4 rings (SSSR count). The molecule has 1 atom stereocenters. The van der Waals surface area contributed by atoms with Gasteiger partial charge in [-0.3, -0.25) is 14.4 Å². The fraction of sp³-hybridized carbons (Fsp3) is 0.320. The van der Waals surface area contributed by atoms with Gasteiger partial charge in [-0.1, -0.05) is 25.1 Å². The minimum absolute atomic E-state index is 0.0820. The van der Waals surface area contributed by atoms with Crippen molar-refractivity contribution in [2.75, 3.05) is 31.7 Å². The van der Waals surface area contributed by atoms with Gasteiger partial charge in [-0.25, -0.2) is 4.39 Å². The van der Waals surface area contributed by atoms with Crippen LogP contribution in [0.15, 0.2) is 54.1 Å². The molecular weight excluding hydrogens is 427 g/mol. The Hall–Kier alpha value is -3.52. The number of halogens is 1. The van der Waals surface area contributed by atoms with Gasteiger partial charge in [0.05, 0.1) is 11.3 Å². The molecule has 1 spiro atoms. The van der Waals surface area contributed by atoms with E-state index in [4.69, 9.17) is 4.74 Å². The highest BCUT2D eigenvalue weighted by Gasteiger charge is 2.66. The average Bonchev–Trinajstić information content (AvgIpc) is 3.19. The molecule has 1 saturated heterocycles. The molecule has 7 nitrogen and oxygen atoms in total. The molecule has 2 aliphatic heterocycles. The van der Waals surface area contributed by atoms with Crippen molar-refractivity contribution in [3.05, 3.63) is 71.0 Å². The number of rotatable bonds is 7. The molecule has 0 unspecified atom stereocenters. The van der Waals surface area contributed by atoms with Gasteiger partial charge >= 0.3 is 0 Å². The monoisotopic (exact) mass is 452 g/mol. The Labute approximate surface area is 191 Å². The fourth-order valence-electron chi connectivity index (χ4n) is 4.73. The lowest BCUT2D eigenvalue weighted by atomic mass is 9.82. The zero-order valence-electron chi connectivity index (χ0n) is 18.5. The zero-order chi connectivity index (χ0) is 23.8. The van der Waals surface area contributed by atoms with Crippen LogP contribution in [0.3, 0.4) is 0 Å². The van der Waals surface area contributed by atoms with Gasteiger partial charge in [0.2, 0.25) is 0 Å². The minimum Gasteiger partial charge on any atom is -0.507 e. The number of fused-ring (bicyclic) bond motifs is 2. The third-order valence-electron chi connectivity index (χ3n) is 6.10. The number of ketones is 1. The van der Waals surface area contributed by atoms with E-state index in [1.54, 1.807) is 29.2 Å². The summed E-state index contributed by atoms with van der Waals surface area (Å²) < 4.78 is 18.6. The molecule has 0 radical (unpaired) electrons. The van der Waals surface area contributed by atoms with Crippen LogP contribution in [-0.2, 0) is 24.7 Å². The second kappa shape index (κ2) is 8.78. The molecule has 2 amide bonds. The number of nitrogens with zero attached hydrogens (tertiary/aromatic N) is 2. The molecule has 1 fully saturated rings. The molecule has 2 heterocycles. The summed E-state index contributed by atoms with van der Waals surface area (Å²) in [6.45, 7) is 2.72. The Morgan fingerprint density at radius 2 is 1.76 bits per heavy atom. The lowest BCUT2D eigenvalue weighted by molar-refractivity contribution is -0.143. The highest BCUT2D eigenvalue weighted by Crippen LogP contribution is 2.53. The minimum atomic E-state index is -1.80. The highest BCUT2D eigenvalue weighted by molar-refractivity contribution is 6.50. The molecule has 0 bridgehead atoms. The average molecular weight is 452 g/mol. The largest absolute Gasteiger partial charge is 0.507 e. The maximum atomic E-state index is 14.1. The van der Waals surface area contributed by atoms with Gasteiger partial charge in [0, 0.05) is 37.9 Å². The Kier molecular flexibility index (Phi) is 6.03. The van der Waals surface area contributed by atoms with Gasteiger partial charge in [0.15, 0.2) is 5.54 Å². The first-order valence-electron chi connectivity index (χ1n) is 10.9. The van der Waals surface area contributed by atoms with Crippen molar-refractivity contribution in [1.82, 2.24) is 4.90 Å². The second-order valence-corrected chi connectivity index (χ2v) is 8.05. The summed E-state index contributed by atoms with van der Waals surface area (Å²) >= 11 is 0. The standard InChI is InChI=1S/C25H25FN2O5/c1-3-13-27-19-8-5-4-7-18(19)25(24(27)32)20(21(29)16-9-11-17(26)12-10-16)22(30)23(31)28(25)14-6-15-33-2/h4-5,7-12,29H,3,6,13-15H2,1-2H3/t25-/m0/s1. The van der Waals surface area contributed by atoms with Crippen LogP contribution in [-0.4, -0.2) is 54.4 Å². The maximum Gasteiger partial charge on any atom is 0.296 e. The molecule has 0 aromatic heterocycles. The number of carbonyl (C=O) groups excluding carboxylic acids is 3. The number of hydrogen-bond acceptors (Lipinski definition) is 5. The summed E-state index contributed by atoms with van der Waals surface area (Å²) in [6, 6.07) is 11.9. The molecule has 172 valence electrons. The number of hydrogen-bond donors (Lipinski definition) is 1. The van der Waals surface area contributed by atoms with Crippen LogP contribution in [0.5, 0.6) is 0 Å². The first kappa shape index (κ1) is 22.7. The van der Waals surface area contributed by atoms with Crippen LogP contribution in [0, 0.1) is 5.82 Å². The van der Waals surface area contributed by atoms with Crippen molar-refractivity contribution in [3.63, 3.8) is 0 Å². The number of methoxy groups -OCH3 is 1. The van der Waals surface area contributed by atoms with Gasteiger partial charge in [-0.05, 0) is 43.2 Å². The third kappa shape index (κ3) is 3.33. The lowest BCUT2D eigenvalue weighted by Crippen LogP contribution is -2.52. The van der Waals surface area contributed by atoms with Crippen LogP contribution in [0.25, 0.3) is 5.76 Å². The number of Topliss-reactive ketones (excluding diaryl/α,β-unsaturated/α-hetero) is 1. The van der Waals surface area contributed by atoms with Crippen molar-refractivity contribution >= 4 is 29.0 Å². The summed E-state index contributed by atoms with van der Waals surface area (Å²) in [5, 5.41) is 11.2. The van der Waals surface area contributed by atoms with Crippen molar-refractivity contribution in [2.24, 2.45) is 0 Å². The van der Waals surface area contributed by atoms with Crippen LogP contribution in [0.4, 0.5) is 10.1 Å². The number of para-hydroxylation sites is 1. The van der Waals surface area contributed by atoms with E-state index in [1.165, 1.54) is 24.1 Å². The SMILES string of the molecule is CCCN1C(=O)[C@@]2(C(=C(O)c3ccc(F)cc3)C(=O)C(=O)N2CCCOC)c2ccccc21. The summed E-state index contributed by atoms with van der Waals surface area (Å²) in [7, 11) is 1.53. The van der Waals surface area contributed by atoms with Crippen LogP contribution < -0.4 is 4.90 Å². The maximum absolute atomic E-state index is 14.1. The topological polar surface area (TPSA) is 87.2 Å². The van der Waals surface area contributed by atoms with E-state index in [9.17, 15) is 23.9 Å². The quantitative estimate of drug-likeness (QED) is 0.302. The zero-order valence-corrected chi connectivity index (χ0v) is 18.5. The van der Waals surface area contributed by atoms with Crippen molar-refractivity contribution in [1.29, 1.82) is 0 Å². The normalized spacial score (nSPS) is 21.4. The molecule has 2 aliphatic rings. The number of anilines is 1. The van der Waals surface area contributed by atoms with Gasteiger partial charge in [0.25, 0.3) is 17.6 Å². The Morgan fingerprint density at radius 3 is 2.42 bits per heavy atom. The Balaban J connectivity index is 2.01. The van der Waals surface area contributed by atoms with Crippen LogP contribution >= 0.6 is 0 Å². The fourth-order valence-corrected chi connectivity index (χ4v) is 4.73. The Bertz CT molecular complexity index is 1140. The van der Waals surface area contributed by atoms with E-state index in [-0.39, 0.29) is 17.7 Å². The van der Waals surface area contributed by atoms with E-state index in [1.807, 2.05) is 6.92 Å². The first-order valence-corrected chi connectivity index (χ1v) is 10.9. The van der Waals surface area contributed by atoms with Gasteiger partial charge in [-0.2, -0.15) is 0 Å². The number of likely N-dealkylation sites (tertiary alicyclic amines) is 1. The number of benzene rings is 2. The van der Waals surface area contributed by atoms with E-state index >= 15 is 0 Å². The Morgan fingerprint density at radius 1 is 1.06 bits per heavy atom. The van der Waals surface area contributed by atoms with E-state index in [2.05, 4.69) is 0 Å². The van der Waals surface area contributed by atoms with E-state index < -0.39 is 34.7 Å². The van der Waals surface area contributed by atoms with Crippen LogP contribution in [0.2, 0.25) is 0 Å². The summed E-state index contributed by atoms with van der Waals surface area (Å²) in [5.74, 6) is -3.31. The molecule has 0 aliphatic carbocycles. The summed E-state index contributed by atoms with van der Waals surface area (Å²) in [5.41, 5.74) is -0.902. The van der Waals surface area contributed by atoms with Crippen molar-refractivity contribution in [2.45, 2.75) is 25.3 Å². The molecule has 0 saturated carbocycles. The molecule has 2 aromatic rings. The second-order valence-electron chi connectivity index (χ2n) is 8.05. The highest BCUT2D eigenvalue weighted by atomic mass is 19.1. The predicted molar refractivity (Wildman–Crippen MR) is 120 cm³/mol. The number of aliphatic hydroxyl groups is 1. The first-order chi connectivity index (χ1) is 15.9. The van der Waals surface area contributed by atoms with E-state index in [0.717, 1.165) is 12.1 Å². The smallest absolute Gasteiger partial charge is 0.296 e. The summed E-state index contributed by atoms with van der Waals surface area (Å²) in [6.07, 6.45) is 1.05. The molecule has 8 heteroatoms. The molecule has 1 N–H and O–H groups in total. The molecule has 2 aromatic carbocycles. The van der Waals surface area contributed by atoms with Crippen molar-refractivity contribution < 1.29 is 28.6 Å². The molecular formula is C25H25FN2O5. The number of ether oxygens (including phenoxy) is 1. The summed E-state index contributed by atoms with van der Waals surface area (Å²) in [4.78, 5) is 43.4. The van der Waals surface area contributed by atoms with Gasteiger partial charge in [-0.15, -0.1) is 0 Å². The number of aliphatic hydroxyl groups excluding tert-OH is 1. The van der Waals surface area contributed by atoms with Crippen LogP contribution in [0.1, 0.15) is 30.9 Å². The number of amides is 2. The predicted octanol–water partition coefficient (Wildman–Crippen LogP) is 3.19. The molecule has 33 heavy (non-hydrogen) atoms. The van der Waals surface area contributed by atoms with Gasteiger partial charge < -0.3 is 19.6 Å². The van der Waals surface area contributed by atoms with E-state index in [0.29, 0.717) is 37.2 Å². The third-order valence-corrected chi connectivity index (χ3v) is 6.10. The number of carbonyl (C=O) groups is 3. The van der Waals surface area contributed by atoms with Crippen molar-refractivity contribution in [3.8, 4) is 0 Å². The lowest BCUT2D eigenvalue weighted by Gasteiger charge is -2.34. The van der Waals surface area contributed by atoms with Gasteiger partial charge in [0.1, 0.15) is 11.6 Å².